The van der Waals surface area contributed by atoms with Crippen molar-refractivity contribution >= 4 is 23.0 Å². The highest BCUT2D eigenvalue weighted by molar-refractivity contribution is 7.09. The fraction of sp³-hybridized carbons (Fsp3) is 0.267. The number of anilines is 1. The number of benzene rings is 1. The molecule has 0 saturated heterocycles. The first-order chi connectivity index (χ1) is 9.11. The summed E-state index contributed by atoms with van der Waals surface area (Å²) in [5.74, 6) is -0.879. The van der Waals surface area contributed by atoms with Gasteiger partial charge in [0.25, 0.3) is 0 Å². The molecule has 0 unspecified atom stereocenters. The Bertz CT molecular complexity index is 564. The predicted molar refractivity (Wildman–Crippen MR) is 79.2 cm³/mol. The maximum absolute atomic E-state index is 10.9. The number of aryl methyl sites for hydroxylation is 1. The normalized spacial score (nSPS) is 10.4. The van der Waals surface area contributed by atoms with Gasteiger partial charge in [0, 0.05) is 17.1 Å². The van der Waals surface area contributed by atoms with Gasteiger partial charge in [0.15, 0.2) is 0 Å². The molecule has 2 aromatic rings. The largest absolute Gasteiger partial charge is 0.478 e. The van der Waals surface area contributed by atoms with Crippen LogP contribution < -0.4 is 4.90 Å². The Morgan fingerprint density at radius 1 is 1.37 bits per heavy atom. The molecule has 0 fully saturated rings. The first-order valence-electron chi connectivity index (χ1n) is 6.23. The average molecular weight is 275 g/mol. The molecule has 0 radical (unpaired) electrons. The van der Waals surface area contributed by atoms with Crippen LogP contribution in [0.25, 0.3) is 0 Å². The topological polar surface area (TPSA) is 40.5 Å². The summed E-state index contributed by atoms with van der Waals surface area (Å²) in [5, 5.41) is 11.1. The molecule has 0 aliphatic heterocycles. The van der Waals surface area contributed by atoms with E-state index in [0.717, 1.165) is 24.3 Å². The Labute approximate surface area is 117 Å². The highest BCUT2D eigenvalue weighted by atomic mass is 32.1. The van der Waals surface area contributed by atoms with Crippen molar-refractivity contribution in [2.24, 2.45) is 0 Å². The molecule has 19 heavy (non-hydrogen) atoms. The number of carbonyl (C=O) groups is 1. The Morgan fingerprint density at radius 2 is 2.16 bits per heavy atom. The third-order valence-electron chi connectivity index (χ3n) is 3.09. The highest BCUT2D eigenvalue weighted by Crippen LogP contribution is 2.24. The molecule has 1 aromatic heterocycles. The van der Waals surface area contributed by atoms with Gasteiger partial charge >= 0.3 is 5.97 Å². The van der Waals surface area contributed by atoms with Crippen LogP contribution in [-0.2, 0) is 6.54 Å². The number of hydrogen-bond donors (Lipinski definition) is 1. The maximum Gasteiger partial charge on any atom is 0.335 e. The standard InChI is InChI=1S/C15H17NO2S/c1-3-16(10-13-5-4-8-19-13)14-7-6-12(15(17)18)9-11(14)2/h4-9H,3,10H2,1-2H3,(H,17,18). The van der Waals surface area contributed by atoms with Crippen molar-refractivity contribution in [3.63, 3.8) is 0 Å². The second-order valence-electron chi connectivity index (χ2n) is 4.40. The van der Waals surface area contributed by atoms with E-state index >= 15 is 0 Å². The van der Waals surface area contributed by atoms with Gasteiger partial charge in [-0.05, 0) is 49.1 Å². The molecule has 0 atom stereocenters. The molecule has 100 valence electrons. The van der Waals surface area contributed by atoms with Crippen LogP contribution in [0.15, 0.2) is 35.7 Å². The van der Waals surface area contributed by atoms with E-state index in [1.165, 1.54) is 4.88 Å². The smallest absolute Gasteiger partial charge is 0.335 e. The third-order valence-corrected chi connectivity index (χ3v) is 3.95. The summed E-state index contributed by atoms with van der Waals surface area (Å²) in [7, 11) is 0. The lowest BCUT2D eigenvalue weighted by Crippen LogP contribution is -2.22. The monoisotopic (exact) mass is 275 g/mol. The number of nitrogens with zero attached hydrogens (tertiary/aromatic N) is 1. The van der Waals surface area contributed by atoms with Crippen LogP contribution in [0.3, 0.4) is 0 Å². The van der Waals surface area contributed by atoms with E-state index in [2.05, 4.69) is 23.3 Å². The van der Waals surface area contributed by atoms with E-state index in [-0.39, 0.29) is 0 Å². The van der Waals surface area contributed by atoms with Crippen LogP contribution in [0.4, 0.5) is 5.69 Å². The zero-order chi connectivity index (χ0) is 13.8. The lowest BCUT2D eigenvalue weighted by Gasteiger charge is -2.24. The Balaban J connectivity index is 2.25. The first-order valence-corrected chi connectivity index (χ1v) is 7.11. The van der Waals surface area contributed by atoms with Crippen LogP contribution in [0, 0.1) is 6.92 Å². The number of rotatable bonds is 5. The number of carboxylic acids is 1. The van der Waals surface area contributed by atoms with E-state index in [9.17, 15) is 4.79 Å². The minimum atomic E-state index is -0.879. The molecular weight excluding hydrogens is 258 g/mol. The van der Waals surface area contributed by atoms with Crippen LogP contribution >= 0.6 is 11.3 Å². The van der Waals surface area contributed by atoms with E-state index in [1.807, 2.05) is 19.1 Å². The van der Waals surface area contributed by atoms with Gasteiger partial charge in [0.1, 0.15) is 0 Å². The predicted octanol–water partition coefficient (Wildman–Crippen LogP) is 3.78. The molecule has 1 aromatic carbocycles. The number of hydrogen-bond acceptors (Lipinski definition) is 3. The zero-order valence-electron chi connectivity index (χ0n) is 11.1. The molecule has 1 N–H and O–H groups in total. The van der Waals surface area contributed by atoms with E-state index in [4.69, 9.17) is 5.11 Å². The number of aromatic carboxylic acids is 1. The summed E-state index contributed by atoms with van der Waals surface area (Å²) in [6.45, 7) is 5.82. The SMILES string of the molecule is CCN(Cc1cccs1)c1ccc(C(=O)O)cc1C. The molecule has 4 heteroatoms. The summed E-state index contributed by atoms with van der Waals surface area (Å²) >= 11 is 1.74. The second kappa shape index (κ2) is 5.89. The van der Waals surface area contributed by atoms with E-state index in [0.29, 0.717) is 5.56 Å². The van der Waals surface area contributed by atoms with Crippen LogP contribution in [0.2, 0.25) is 0 Å². The molecule has 2 rings (SSSR count). The molecule has 0 saturated carbocycles. The van der Waals surface area contributed by atoms with Gasteiger partial charge in [-0.2, -0.15) is 0 Å². The average Bonchev–Trinajstić information content (AvgIpc) is 2.89. The van der Waals surface area contributed by atoms with Crippen molar-refractivity contribution in [1.82, 2.24) is 0 Å². The van der Waals surface area contributed by atoms with Crippen molar-refractivity contribution in [2.75, 3.05) is 11.4 Å². The molecule has 0 bridgehead atoms. The van der Waals surface area contributed by atoms with Gasteiger partial charge in [0.05, 0.1) is 12.1 Å². The lowest BCUT2D eigenvalue weighted by molar-refractivity contribution is 0.0697. The Hall–Kier alpha value is -1.81. The maximum atomic E-state index is 10.9. The third kappa shape index (κ3) is 3.15. The van der Waals surface area contributed by atoms with Gasteiger partial charge in [-0.15, -0.1) is 11.3 Å². The summed E-state index contributed by atoms with van der Waals surface area (Å²) < 4.78 is 0. The van der Waals surface area contributed by atoms with Gasteiger partial charge in [0.2, 0.25) is 0 Å². The summed E-state index contributed by atoms with van der Waals surface area (Å²) in [6.07, 6.45) is 0. The quantitative estimate of drug-likeness (QED) is 0.902. The summed E-state index contributed by atoms with van der Waals surface area (Å²) in [6, 6.07) is 9.47. The molecule has 0 aliphatic rings. The second-order valence-corrected chi connectivity index (χ2v) is 5.43. The molecule has 0 amide bonds. The summed E-state index contributed by atoms with van der Waals surface area (Å²) in [5.41, 5.74) is 2.44. The minimum absolute atomic E-state index is 0.341. The fourth-order valence-corrected chi connectivity index (χ4v) is 2.82. The van der Waals surface area contributed by atoms with Crippen LogP contribution in [0.1, 0.15) is 27.7 Å². The van der Waals surface area contributed by atoms with Gasteiger partial charge in [-0.3, -0.25) is 0 Å². The van der Waals surface area contributed by atoms with Crippen molar-refractivity contribution in [1.29, 1.82) is 0 Å². The Morgan fingerprint density at radius 3 is 2.68 bits per heavy atom. The van der Waals surface area contributed by atoms with Crippen molar-refractivity contribution in [3.05, 3.63) is 51.7 Å². The fourth-order valence-electron chi connectivity index (χ4n) is 2.10. The number of carboxylic acid groups (broad SMARTS) is 1. The van der Waals surface area contributed by atoms with Gasteiger partial charge in [-0.25, -0.2) is 4.79 Å². The van der Waals surface area contributed by atoms with Crippen LogP contribution in [-0.4, -0.2) is 17.6 Å². The van der Waals surface area contributed by atoms with Crippen molar-refractivity contribution < 1.29 is 9.90 Å². The zero-order valence-corrected chi connectivity index (χ0v) is 11.9. The lowest BCUT2D eigenvalue weighted by atomic mass is 10.1. The minimum Gasteiger partial charge on any atom is -0.478 e. The van der Waals surface area contributed by atoms with Crippen molar-refractivity contribution in [2.45, 2.75) is 20.4 Å². The first kappa shape index (κ1) is 13.6. The number of thiophene rings is 1. The summed E-state index contributed by atoms with van der Waals surface area (Å²) in [4.78, 5) is 14.5. The molecule has 1 heterocycles. The molecule has 0 aliphatic carbocycles. The van der Waals surface area contributed by atoms with Crippen molar-refractivity contribution in [3.8, 4) is 0 Å². The molecular formula is C15H17NO2S. The molecule has 0 spiro atoms. The van der Waals surface area contributed by atoms with Gasteiger partial charge < -0.3 is 10.0 Å². The molecule has 3 nitrogen and oxygen atoms in total. The highest BCUT2D eigenvalue weighted by Gasteiger charge is 2.11. The van der Waals surface area contributed by atoms with Crippen LogP contribution in [0.5, 0.6) is 0 Å². The Kier molecular flexibility index (Phi) is 4.22. The van der Waals surface area contributed by atoms with E-state index < -0.39 is 5.97 Å². The van der Waals surface area contributed by atoms with Gasteiger partial charge in [-0.1, -0.05) is 6.07 Å². The van der Waals surface area contributed by atoms with E-state index in [1.54, 1.807) is 23.5 Å².